The summed E-state index contributed by atoms with van der Waals surface area (Å²) in [5.74, 6) is -0.378. The summed E-state index contributed by atoms with van der Waals surface area (Å²) in [5.41, 5.74) is 1.48. The van der Waals surface area contributed by atoms with E-state index in [1.54, 1.807) is 25.1 Å². The number of ether oxygens (including phenoxy) is 1. The highest BCUT2D eigenvalue weighted by molar-refractivity contribution is 5.96. The average molecular weight is 300 g/mol. The van der Waals surface area contributed by atoms with Crippen LogP contribution in [0.5, 0.6) is 0 Å². The van der Waals surface area contributed by atoms with Gasteiger partial charge in [-0.25, -0.2) is 0 Å². The zero-order valence-corrected chi connectivity index (χ0v) is 12.3. The minimum absolute atomic E-state index is 0.0357. The first-order valence-corrected chi connectivity index (χ1v) is 6.67. The van der Waals surface area contributed by atoms with Crippen LogP contribution in [-0.4, -0.2) is 17.9 Å². The predicted octanol–water partition coefficient (Wildman–Crippen LogP) is 3.23. The quantitative estimate of drug-likeness (QED) is 0.679. The number of nitro benzene ring substituents is 1. The number of carbonyl (C=O) groups excluding carboxylic acids is 1. The molecule has 0 heterocycles. The minimum atomic E-state index is -0.778. The standard InChI is InChI=1S/C16H16N2O4/c1-11-13(9-6-10-14(11)18(20)21)17-16(19)15(22-2)12-7-4-3-5-8-12/h3-10,15H,1-2H3,(H,17,19)/t15-/m0/s1. The van der Waals surface area contributed by atoms with Gasteiger partial charge < -0.3 is 10.1 Å². The lowest BCUT2D eigenvalue weighted by Gasteiger charge is -2.16. The van der Waals surface area contributed by atoms with Gasteiger partial charge in [0.1, 0.15) is 0 Å². The Balaban J connectivity index is 2.25. The maximum Gasteiger partial charge on any atom is 0.274 e. The number of nitrogens with one attached hydrogen (secondary N) is 1. The molecule has 2 aromatic carbocycles. The molecular formula is C16H16N2O4. The molecule has 22 heavy (non-hydrogen) atoms. The maximum atomic E-state index is 12.4. The summed E-state index contributed by atoms with van der Waals surface area (Å²) in [6.07, 6.45) is -0.778. The summed E-state index contributed by atoms with van der Waals surface area (Å²) < 4.78 is 5.24. The highest BCUT2D eigenvalue weighted by Gasteiger charge is 2.22. The topological polar surface area (TPSA) is 81.5 Å². The number of anilines is 1. The molecule has 0 saturated carbocycles. The average Bonchev–Trinajstić information content (AvgIpc) is 2.51. The summed E-state index contributed by atoms with van der Waals surface area (Å²) in [6.45, 7) is 1.60. The third kappa shape index (κ3) is 3.29. The third-order valence-electron chi connectivity index (χ3n) is 3.34. The van der Waals surface area contributed by atoms with E-state index in [0.29, 0.717) is 16.8 Å². The fourth-order valence-electron chi connectivity index (χ4n) is 2.18. The molecule has 114 valence electrons. The van der Waals surface area contributed by atoms with E-state index in [2.05, 4.69) is 5.32 Å². The van der Waals surface area contributed by atoms with Gasteiger partial charge in [0.15, 0.2) is 6.10 Å². The molecule has 1 amide bonds. The van der Waals surface area contributed by atoms with Crippen LogP contribution in [0.25, 0.3) is 0 Å². The number of hydrogen-bond donors (Lipinski definition) is 1. The van der Waals surface area contributed by atoms with Crippen molar-refractivity contribution in [3.63, 3.8) is 0 Å². The van der Waals surface area contributed by atoms with E-state index in [4.69, 9.17) is 4.74 Å². The molecule has 0 aromatic heterocycles. The van der Waals surface area contributed by atoms with Crippen molar-refractivity contribution in [2.75, 3.05) is 12.4 Å². The molecule has 0 fully saturated rings. The molecule has 0 aliphatic carbocycles. The number of methoxy groups -OCH3 is 1. The Bertz CT molecular complexity index is 686. The minimum Gasteiger partial charge on any atom is -0.367 e. The molecule has 0 bridgehead atoms. The molecule has 0 saturated heterocycles. The summed E-state index contributed by atoms with van der Waals surface area (Å²) in [7, 11) is 1.44. The van der Waals surface area contributed by atoms with Gasteiger partial charge in [0.2, 0.25) is 0 Å². The van der Waals surface area contributed by atoms with E-state index in [1.165, 1.54) is 19.2 Å². The highest BCUT2D eigenvalue weighted by atomic mass is 16.6. The Hall–Kier alpha value is -2.73. The Labute approximate surface area is 127 Å². The Morgan fingerprint density at radius 2 is 1.86 bits per heavy atom. The largest absolute Gasteiger partial charge is 0.367 e. The van der Waals surface area contributed by atoms with Crippen molar-refractivity contribution < 1.29 is 14.5 Å². The van der Waals surface area contributed by atoms with Crippen LogP contribution in [0, 0.1) is 17.0 Å². The smallest absolute Gasteiger partial charge is 0.274 e. The Morgan fingerprint density at radius 3 is 2.45 bits per heavy atom. The molecule has 0 spiro atoms. The number of nitro groups is 1. The highest BCUT2D eigenvalue weighted by Crippen LogP contribution is 2.26. The molecular weight excluding hydrogens is 284 g/mol. The van der Waals surface area contributed by atoms with Gasteiger partial charge in [-0.05, 0) is 18.6 Å². The van der Waals surface area contributed by atoms with Crippen molar-refractivity contribution >= 4 is 17.3 Å². The van der Waals surface area contributed by atoms with Crippen LogP contribution in [0.3, 0.4) is 0 Å². The first kappa shape index (κ1) is 15.7. The molecule has 6 heteroatoms. The number of rotatable bonds is 5. The second-order valence-electron chi connectivity index (χ2n) is 4.72. The van der Waals surface area contributed by atoms with Gasteiger partial charge in [0.25, 0.3) is 11.6 Å². The molecule has 0 aliphatic heterocycles. The van der Waals surface area contributed by atoms with Gasteiger partial charge in [-0.3, -0.25) is 14.9 Å². The first-order chi connectivity index (χ1) is 10.5. The van der Waals surface area contributed by atoms with Gasteiger partial charge in [0.05, 0.1) is 16.2 Å². The molecule has 1 atom stereocenters. The summed E-state index contributed by atoms with van der Waals surface area (Å²) in [4.78, 5) is 22.8. The van der Waals surface area contributed by atoms with Crippen molar-refractivity contribution in [2.45, 2.75) is 13.0 Å². The lowest BCUT2D eigenvalue weighted by molar-refractivity contribution is -0.385. The van der Waals surface area contributed by atoms with Gasteiger partial charge in [-0.2, -0.15) is 0 Å². The number of nitrogens with zero attached hydrogens (tertiary/aromatic N) is 1. The normalized spacial score (nSPS) is 11.7. The van der Waals surface area contributed by atoms with Gasteiger partial charge in [-0.1, -0.05) is 36.4 Å². The number of amides is 1. The molecule has 2 rings (SSSR count). The molecule has 0 unspecified atom stereocenters. The third-order valence-corrected chi connectivity index (χ3v) is 3.34. The van der Waals surface area contributed by atoms with Gasteiger partial charge in [-0.15, -0.1) is 0 Å². The molecule has 2 aromatic rings. The van der Waals surface area contributed by atoms with E-state index in [9.17, 15) is 14.9 Å². The SMILES string of the molecule is CO[C@H](C(=O)Nc1cccc([N+](=O)[O-])c1C)c1ccccc1. The van der Waals surface area contributed by atoms with Crippen molar-refractivity contribution in [1.29, 1.82) is 0 Å². The number of benzene rings is 2. The fourth-order valence-corrected chi connectivity index (χ4v) is 2.18. The van der Waals surface area contributed by atoms with Crippen LogP contribution in [0.4, 0.5) is 11.4 Å². The fraction of sp³-hybridized carbons (Fsp3) is 0.188. The second-order valence-corrected chi connectivity index (χ2v) is 4.72. The monoisotopic (exact) mass is 300 g/mol. The summed E-state index contributed by atoms with van der Waals surface area (Å²) in [6, 6.07) is 13.6. The number of carbonyl (C=O) groups is 1. The van der Waals surface area contributed by atoms with Crippen LogP contribution < -0.4 is 5.32 Å². The van der Waals surface area contributed by atoms with E-state index in [-0.39, 0.29) is 11.6 Å². The lowest BCUT2D eigenvalue weighted by Crippen LogP contribution is -2.23. The van der Waals surface area contributed by atoms with Crippen LogP contribution in [-0.2, 0) is 9.53 Å². The van der Waals surface area contributed by atoms with Crippen molar-refractivity contribution in [1.82, 2.24) is 0 Å². The van der Waals surface area contributed by atoms with Crippen LogP contribution >= 0.6 is 0 Å². The summed E-state index contributed by atoms with van der Waals surface area (Å²) >= 11 is 0. The second kappa shape index (κ2) is 6.82. The van der Waals surface area contributed by atoms with Gasteiger partial charge in [0, 0.05) is 13.2 Å². The van der Waals surface area contributed by atoms with E-state index < -0.39 is 11.0 Å². The van der Waals surface area contributed by atoms with E-state index in [0.717, 1.165) is 0 Å². The molecule has 6 nitrogen and oxygen atoms in total. The lowest BCUT2D eigenvalue weighted by atomic mass is 10.1. The van der Waals surface area contributed by atoms with E-state index in [1.807, 2.05) is 18.2 Å². The molecule has 1 N–H and O–H groups in total. The van der Waals surface area contributed by atoms with Crippen LogP contribution in [0.15, 0.2) is 48.5 Å². The zero-order chi connectivity index (χ0) is 16.1. The first-order valence-electron chi connectivity index (χ1n) is 6.67. The summed E-state index contributed by atoms with van der Waals surface area (Å²) in [5, 5.41) is 13.6. The molecule has 0 radical (unpaired) electrons. The van der Waals surface area contributed by atoms with Crippen molar-refractivity contribution in [3.8, 4) is 0 Å². The predicted molar refractivity (Wildman–Crippen MR) is 82.7 cm³/mol. The van der Waals surface area contributed by atoms with Crippen molar-refractivity contribution in [2.24, 2.45) is 0 Å². The Kier molecular flexibility index (Phi) is 4.85. The maximum absolute atomic E-state index is 12.4. The Morgan fingerprint density at radius 1 is 1.18 bits per heavy atom. The number of hydrogen-bond acceptors (Lipinski definition) is 4. The van der Waals surface area contributed by atoms with E-state index >= 15 is 0 Å². The zero-order valence-electron chi connectivity index (χ0n) is 12.3. The van der Waals surface area contributed by atoms with Crippen molar-refractivity contribution in [3.05, 3.63) is 69.8 Å². The van der Waals surface area contributed by atoms with Crippen LogP contribution in [0.2, 0.25) is 0 Å². The molecule has 0 aliphatic rings. The van der Waals surface area contributed by atoms with Gasteiger partial charge >= 0.3 is 0 Å². The van der Waals surface area contributed by atoms with Crippen LogP contribution in [0.1, 0.15) is 17.2 Å².